The van der Waals surface area contributed by atoms with Gasteiger partial charge >= 0.3 is 6.18 Å². The fourth-order valence-corrected chi connectivity index (χ4v) is 1.24. The van der Waals surface area contributed by atoms with Crippen molar-refractivity contribution in [3.63, 3.8) is 0 Å². The fraction of sp³-hybridized carbons (Fsp3) is 1.00. The highest BCUT2D eigenvalue weighted by Crippen LogP contribution is 2.18. The molecular formula is C11H22F3NO. The predicted molar refractivity (Wildman–Crippen MR) is 58.5 cm³/mol. The molecule has 98 valence electrons. The summed E-state index contributed by atoms with van der Waals surface area (Å²) >= 11 is 0. The van der Waals surface area contributed by atoms with Gasteiger partial charge in [0.25, 0.3) is 0 Å². The maximum atomic E-state index is 11.7. The van der Waals surface area contributed by atoms with Crippen LogP contribution in [0.25, 0.3) is 0 Å². The number of hydrogen-bond donors (Lipinski definition) is 1. The van der Waals surface area contributed by atoms with Crippen LogP contribution >= 0.6 is 0 Å². The average Bonchev–Trinajstić information content (AvgIpc) is 2.19. The van der Waals surface area contributed by atoms with Crippen molar-refractivity contribution < 1.29 is 17.9 Å². The minimum Gasteiger partial charge on any atom is -0.380 e. The molecule has 1 N–H and O–H groups in total. The van der Waals surface area contributed by atoms with Crippen molar-refractivity contribution in [1.82, 2.24) is 5.32 Å². The highest BCUT2D eigenvalue weighted by atomic mass is 19.4. The quantitative estimate of drug-likeness (QED) is 0.593. The molecule has 0 unspecified atom stereocenters. The first-order valence-electron chi connectivity index (χ1n) is 5.91. The summed E-state index contributed by atoms with van der Waals surface area (Å²) in [5.74, 6) is 0. The molecule has 0 bridgehead atoms. The van der Waals surface area contributed by atoms with Gasteiger partial charge < -0.3 is 10.1 Å². The molecule has 5 heteroatoms. The van der Waals surface area contributed by atoms with Gasteiger partial charge in [0.2, 0.25) is 0 Å². The molecule has 0 rings (SSSR count). The normalized spacial score (nSPS) is 12.0. The zero-order chi connectivity index (χ0) is 12.3. The van der Waals surface area contributed by atoms with Gasteiger partial charge in [0.1, 0.15) is 0 Å². The highest BCUT2D eigenvalue weighted by Gasteiger charge is 2.26. The molecule has 0 amide bonds. The van der Waals surface area contributed by atoms with Crippen molar-refractivity contribution in [2.75, 3.05) is 26.3 Å². The molecule has 0 aliphatic rings. The molecule has 0 aliphatic carbocycles. The van der Waals surface area contributed by atoms with Crippen molar-refractivity contribution in [2.45, 2.75) is 45.2 Å². The minimum absolute atomic E-state index is 0.235. The van der Waals surface area contributed by atoms with Crippen LogP contribution in [-0.2, 0) is 4.74 Å². The van der Waals surface area contributed by atoms with Gasteiger partial charge in [0.05, 0.1) is 19.6 Å². The molecule has 0 aromatic carbocycles. The first kappa shape index (κ1) is 15.7. The molecule has 0 saturated heterocycles. The Labute approximate surface area is 95.5 Å². The molecule has 0 aromatic rings. The van der Waals surface area contributed by atoms with Gasteiger partial charge in [-0.25, -0.2) is 0 Å². The lowest BCUT2D eigenvalue weighted by atomic mass is 10.2. The zero-order valence-electron chi connectivity index (χ0n) is 9.91. The van der Waals surface area contributed by atoms with E-state index in [9.17, 15) is 13.2 Å². The molecule has 0 saturated carbocycles. The Bertz CT molecular complexity index is 151. The second kappa shape index (κ2) is 9.90. The van der Waals surface area contributed by atoms with Crippen molar-refractivity contribution in [3.8, 4) is 0 Å². The van der Waals surface area contributed by atoms with Crippen molar-refractivity contribution in [1.29, 1.82) is 0 Å². The summed E-state index contributed by atoms with van der Waals surface area (Å²) in [5.41, 5.74) is 0. The number of nitrogens with one attached hydrogen (secondary N) is 1. The first-order chi connectivity index (χ1) is 7.56. The van der Waals surface area contributed by atoms with Crippen molar-refractivity contribution in [3.05, 3.63) is 0 Å². The molecule has 0 spiro atoms. The molecule has 16 heavy (non-hydrogen) atoms. The zero-order valence-corrected chi connectivity index (χ0v) is 9.91. The number of unbranched alkanes of at least 4 members (excludes halogenated alkanes) is 3. The van der Waals surface area contributed by atoms with Gasteiger partial charge in [0, 0.05) is 6.54 Å². The van der Waals surface area contributed by atoms with Crippen LogP contribution < -0.4 is 5.32 Å². The van der Waals surface area contributed by atoms with Gasteiger partial charge in [-0.1, -0.05) is 26.2 Å². The van der Waals surface area contributed by atoms with Crippen molar-refractivity contribution in [2.24, 2.45) is 0 Å². The maximum Gasteiger partial charge on any atom is 0.391 e. The van der Waals surface area contributed by atoms with Crippen LogP contribution in [0, 0.1) is 0 Å². The second-order valence-corrected chi connectivity index (χ2v) is 3.79. The summed E-state index contributed by atoms with van der Waals surface area (Å²) in [4.78, 5) is 0. The third kappa shape index (κ3) is 13.7. The summed E-state index contributed by atoms with van der Waals surface area (Å²) in [5, 5.41) is 3.14. The minimum atomic E-state index is -4.10. The predicted octanol–water partition coefficient (Wildman–Crippen LogP) is 3.13. The Morgan fingerprint density at radius 2 is 1.75 bits per heavy atom. The van der Waals surface area contributed by atoms with Crippen LogP contribution in [0.2, 0.25) is 0 Å². The van der Waals surface area contributed by atoms with E-state index in [-0.39, 0.29) is 6.61 Å². The third-order valence-corrected chi connectivity index (χ3v) is 2.16. The van der Waals surface area contributed by atoms with Crippen LogP contribution in [0.3, 0.4) is 0 Å². The van der Waals surface area contributed by atoms with Crippen LogP contribution in [0.15, 0.2) is 0 Å². The summed E-state index contributed by atoms with van der Waals surface area (Å²) in [6.07, 6.45) is -0.184. The van der Waals surface area contributed by atoms with E-state index < -0.39 is 12.6 Å². The molecule has 2 nitrogen and oxygen atoms in total. The number of halogens is 3. The number of hydrogen-bond acceptors (Lipinski definition) is 2. The molecule has 0 aromatic heterocycles. The Balaban J connectivity index is 2.99. The third-order valence-electron chi connectivity index (χ3n) is 2.16. The smallest absolute Gasteiger partial charge is 0.380 e. The Morgan fingerprint density at radius 3 is 2.38 bits per heavy atom. The van der Waals surface area contributed by atoms with Gasteiger partial charge in [-0.2, -0.15) is 13.2 Å². The summed E-state index contributed by atoms with van der Waals surface area (Å²) in [7, 11) is 0. The lowest BCUT2D eigenvalue weighted by molar-refractivity contribution is -0.145. The molecular weight excluding hydrogens is 219 g/mol. The van der Waals surface area contributed by atoms with E-state index in [1.54, 1.807) is 0 Å². The van der Waals surface area contributed by atoms with Crippen LogP contribution in [0.5, 0.6) is 0 Å². The van der Waals surface area contributed by atoms with Crippen molar-refractivity contribution >= 4 is 0 Å². The van der Waals surface area contributed by atoms with E-state index in [0.717, 1.165) is 13.0 Å². The number of ether oxygens (including phenoxy) is 1. The fourth-order valence-electron chi connectivity index (χ4n) is 1.24. The largest absolute Gasteiger partial charge is 0.391 e. The Morgan fingerprint density at radius 1 is 1.00 bits per heavy atom. The number of rotatable bonds is 10. The van der Waals surface area contributed by atoms with Gasteiger partial charge in [0.15, 0.2) is 0 Å². The number of alkyl halides is 3. The maximum absolute atomic E-state index is 11.7. The van der Waals surface area contributed by atoms with Gasteiger partial charge in [-0.15, -0.1) is 0 Å². The SMILES string of the molecule is CCCCCCNCCOCCC(F)(F)F. The lowest BCUT2D eigenvalue weighted by Gasteiger charge is -2.08. The Hall–Kier alpha value is -0.290. The lowest BCUT2D eigenvalue weighted by Crippen LogP contribution is -2.22. The standard InChI is InChI=1S/C11H22F3NO/c1-2-3-4-5-7-15-8-10-16-9-6-11(12,13)14/h15H,2-10H2,1H3. The molecule has 0 radical (unpaired) electrons. The highest BCUT2D eigenvalue weighted by molar-refractivity contribution is 4.50. The van der Waals surface area contributed by atoms with E-state index in [4.69, 9.17) is 4.74 Å². The molecule has 0 aliphatic heterocycles. The van der Waals surface area contributed by atoms with Crippen LogP contribution in [0.4, 0.5) is 13.2 Å². The molecule has 0 fully saturated rings. The monoisotopic (exact) mass is 241 g/mol. The average molecular weight is 241 g/mol. The molecule has 0 atom stereocenters. The van der Waals surface area contributed by atoms with Gasteiger partial charge in [-0.3, -0.25) is 0 Å². The van der Waals surface area contributed by atoms with E-state index >= 15 is 0 Å². The van der Waals surface area contributed by atoms with E-state index in [2.05, 4.69) is 12.2 Å². The summed E-state index contributed by atoms with van der Waals surface area (Å²) in [6, 6.07) is 0. The summed E-state index contributed by atoms with van der Waals surface area (Å²) < 4.78 is 40.0. The van der Waals surface area contributed by atoms with E-state index in [1.807, 2.05) is 0 Å². The molecule has 0 heterocycles. The van der Waals surface area contributed by atoms with Crippen LogP contribution in [0.1, 0.15) is 39.0 Å². The second-order valence-electron chi connectivity index (χ2n) is 3.79. The Kier molecular flexibility index (Phi) is 9.72. The first-order valence-corrected chi connectivity index (χ1v) is 5.91. The van der Waals surface area contributed by atoms with E-state index in [1.165, 1.54) is 19.3 Å². The van der Waals surface area contributed by atoms with E-state index in [0.29, 0.717) is 13.2 Å². The van der Waals surface area contributed by atoms with Crippen LogP contribution in [-0.4, -0.2) is 32.5 Å². The van der Waals surface area contributed by atoms with Gasteiger partial charge in [-0.05, 0) is 13.0 Å². The summed E-state index contributed by atoms with van der Waals surface area (Å²) in [6.45, 7) is 3.82. The topological polar surface area (TPSA) is 21.3 Å².